The minimum Gasteiger partial charge on any atom is -0.462 e. The molecule has 0 amide bonds. The Bertz CT molecular complexity index is 1260. The van der Waals surface area contributed by atoms with Gasteiger partial charge in [-0.1, -0.05) is 44.4 Å². The summed E-state index contributed by atoms with van der Waals surface area (Å²) < 4.78 is 18.7. The zero-order chi connectivity index (χ0) is 27.5. The van der Waals surface area contributed by atoms with E-state index in [4.69, 9.17) is 14.2 Å². The molecule has 8 heteroatoms. The zero-order valence-electron chi connectivity index (χ0n) is 23.4. The summed E-state index contributed by atoms with van der Waals surface area (Å²) in [5.74, 6) is -0.433. The number of hydrogen-bond donors (Lipinski definition) is 0. The summed E-state index contributed by atoms with van der Waals surface area (Å²) in [6, 6.07) is 10.6. The Labute approximate surface area is 221 Å². The maximum Gasteiger partial charge on any atom is 0.419 e. The minimum absolute atomic E-state index is 0.238. The number of nitrogens with zero attached hydrogens (tertiary/aromatic N) is 2. The third-order valence-electron chi connectivity index (χ3n) is 5.99. The van der Waals surface area contributed by atoms with Crippen molar-refractivity contribution < 1.29 is 23.8 Å². The number of ether oxygens (including phenoxy) is 3. The van der Waals surface area contributed by atoms with Gasteiger partial charge in [0.25, 0.3) is 0 Å². The van der Waals surface area contributed by atoms with E-state index in [1.807, 2.05) is 62.9 Å². The van der Waals surface area contributed by atoms with Gasteiger partial charge in [-0.25, -0.2) is 14.2 Å². The van der Waals surface area contributed by atoms with Gasteiger partial charge in [-0.2, -0.15) is 0 Å². The van der Waals surface area contributed by atoms with Crippen molar-refractivity contribution in [2.75, 3.05) is 19.9 Å². The molecule has 1 aromatic heterocycles. The first-order chi connectivity index (χ1) is 17.2. The van der Waals surface area contributed by atoms with Gasteiger partial charge in [0.15, 0.2) is 0 Å². The molecule has 0 bridgehead atoms. The molecule has 37 heavy (non-hydrogen) atoms. The highest BCUT2D eigenvalue weighted by Crippen LogP contribution is 2.37. The quantitative estimate of drug-likeness (QED) is 0.215. The highest BCUT2D eigenvalue weighted by atomic mass is 28.3. The van der Waals surface area contributed by atoms with Crippen LogP contribution in [0.2, 0.25) is 25.7 Å². The van der Waals surface area contributed by atoms with Gasteiger partial charge in [-0.05, 0) is 58.9 Å². The van der Waals surface area contributed by atoms with Gasteiger partial charge < -0.3 is 19.1 Å². The Balaban J connectivity index is 2.11. The van der Waals surface area contributed by atoms with Crippen LogP contribution in [0.3, 0.4) is 0 Å². The molecule has 0 radical (unpaired) electrons. The number of hydrogen-bond acceptors (Lipinski definition) is 6. The van der Waals surface area contributed by atoms with Crippen LogP contribution in [0.5, 0.6) is 0 Å². The Hall–Kier alpha value is -3.10. The SMILES string of the molecule is C=C1C(c2cc3ccccc3n2C(=O)OC(C)(C)C)=CC(C(=O)OCC)=C(C)N1COCC[Si](C)(C)C. The predicted octanol–water partition coefficient (Wildman–Crippen LogP) is 6.79. The van der Waals surface area contributed by atoms with Gasteiger partial charge in [-0.15, -0.1) is 0 Å². The van der Waals surface area contributed by atoms with Gasteiger partial charge in [0.2, 0.25) is 0 Å². The van der Waals surface area contributed by atoms with E-state index in [9.17, 15) is 9.59 Å². The van der Waals surface area contributed by atoms with Crippen LogP contribution in [0.15, 0.2) is 60.0 Å². The summed E-state index contributed by atoms with van der Waals surface area (Å²) in [5, 5.41) is 0.874. The number of carbonyl (C=O) groups excluding carboxylic acids is 2. The Morgan fingerprint density at radius 2 is 1.78 bits per heavy atom. The molecular weight excluding hydrogens is 484 g/mol. The monoisotopic (exact) mass is 524 g/mol. The van der Waals surface area contributed by atoms with Gasteiger partial charge >= 0.3 is 12.1 Å². The second-order valence-electron chi connectivity index (χ2n) is 11.4. The fraction of sp³-hybridized carbons (Fsp3) is 0.448. The van der Waals surface area contributed by atoms with E-state index in [1.165, 1.54) is 0 Å². The van der Waals surface area contributed by atoms with E-state index in [2.05, 4.69) is 26.2 Å². The number of carbonyl (C=O) groups is 2. The second kappa shape index (κ2) is 11.1. The number of aromatic nitrogens is 1. The molecule has 0 aliphatic carbocycles. The maximum absolute atomic E-state index is 13.4. The lowest BCUT2D eigenvalue weighted by Gasteiger charge is -2.33. The average Bonchev–Trinajstić information content (AvgIpc) is 3.16. The van der Waals surface area contributed by atoms with E-state index in [0.29, 0.717) is 40.4 Å². The van der Waals surface area contributed by atoms with Crippen LogP contribution in [-0.2, 0) is 19.0 Å². The lowest BCUT2D eigenvalue weighted by atomic mass is 9.98. The highest BCUT2D eigenvalue weighted by Gasteiger charge is 2.31. The van der Waals surface area contributed by atoms with Crippen molar-refractivity contribution in [2.45, 2.75) is 65.9 Å². The van der Waals surface area contributed by atoms with E-state index >= 15 is 0 Å². The number of benzene rings is 1. The van der Waals surface area contributed by atoms with Crippen molar-refractivity contribution in [3.63, 3.8) is 0 Å². The van der Waals surface area contributed by atoms with Gasteiger partial charge in [0, 0.05) is 37.0 Å². The van der Waals surface area contributed by atoms with Crippen molar-refractivity contribution >= 4 is 36.6 Å². The summed E-state index contributed by atoms with van der Waals surface area (Å²) in [5.41, 5.74) is 2.97. The van der Waals surface area contributed by atoms with Crippen molar-refractivity contribution in [3.8, 4) is 0 Å². The van der Waals surface area contributed by atoms with Crippen LogP contribution < -0.4 is 0 Å². The first kappa shape index (κ1) is 28.5. The number of para-hydroxylation sites is 1. The molecule has 2 aromatic rings. The molecule has 7 nitrogen and oxygen atoms in total. The maximum atomic E-state index is 13.4. The van der Waals surface area contributed by atoms with Crippen molar-refractivity contribution in [3.05, 3.63) is 65.6 Å². The summed E-state index contributed by atoms with van der Waals surface area (Å²) in [7, 11) is -1.26. The number of rotatable bonds is 8. The zero-order valence-corrected chi connectivity index (χ0v) is 24.4. The summed E-state index contributed by atoms with van der Waals surface area (Å²) in [6.07, 6.45) is 1.25. The van der Waals surface area contributed by atoms with E-state index in [1.54, 1.807) is 17.6 Å². The topological polar surface area (TPSA) is 70.0 Å². The number of esters is 1. The van der Waals surface area contributed by atoms with Crippen molar-refractivity contribution in [2.24, 2.45) is 0 Å². The largest absolute Gasteiger partial charge is 0.462 e. The number of allylic oxidation sites excluding steroid dienone is 2. The molecule has 200 valence electrons. The fourth-order valence-corrected chi connectivity index (χ4v) is 4.79. The van der Waals surface area contributed by atoms with E-state index < -0.39 is 25.7 Å². The normalized spacial score (nSPS) is 14.8. The molecule has 2 heterocycles. The Morgan fingerprint density at radius 1 is 1.11 bits per heavy atom. The highest BCUT2D eigenvalue weighted by molar-refractivity contribution is 6.76. The molecule has 1 aliphatic heterocycles. The Morgan fingerprint density at radius 3 is 2.41 bits per heavy atom. The van der Waals surface area contributed by atoms with E-state index in [-0.39, 0.29) is 13.3 Å². The molecule has 3 rings (SSSR count). The lowest BCUT2D eigenvalue weighted by molar-refractivity contribution is -0.138. The first-order valence-electron chi connectivity index (χ1n) is 12.7. The summed E-state index contributed by atoms with van der Waals surface area (Å²) >= 11 is 0. The van der Waals surface area contributed by atoms with Gasteiger partial charge in [0.1, 0.15) is 12.3 Å². The number of fused-ring (bicyclic) bond motifs is 1. The van der Waals surface area contributed by atoms with Crippen LogP contribution in [0, 0.1) is 0 Å². The average molecular weight is 525 g/mol. The van der Waals surface area contributed by atoms with Crippen LogP contribution >= 0.6 is 0 Å². The molecule has 0 unspecified atom stereocenters. The molecule has 1 aliphatic rings. The predicted molar refractivity (Wildman–Crippen MR) is 151 cm³/mol. The second-order valence-corrected chi connectivity index (χ2v) is 17.0. The molecule has 0 saturated heterocycles. The third kappa shape index (κ3) is 6.81. The summed E-state index contributed by atoms with van der Waals surface area (Å²) in [6.45, 7) is 21.5. The fourth-order valence-electron chi connectivity index (χ4n) is 4.03. The van der Waals surface area contributed by atoms with Crippen LogP contribution in [0.25, 0.3) is 16.5 Å². The minimum atomic E-state index is -1.26. The first-order valence-corrected chi connectivity index (χ1v) is 16.4. The van der Waals surface area contributed by atoms with Crippen LogP contribution in [0.1, 0.15) is 40.3 Å². The van der Waals surface area contributed by atoms with Crippen LogP contribution in [-0.4, -0.2) is 55.1 Å². The van der Waals surface area contributed by atoms with Gasteiger partial charge in [-0.3, -0.25) is 0 Å². The molecule has 0 spiro atoms. The van der Waals surface area contributed by atoms with Crippen molar-refractivity contribution in [1.29, 1.82) is 0 Å². The molecule has 0 fully saturated rings. The van der Waals surface area contributed by atoms with Crippen molar-refractivity contribution in [1.82, 2.24) is 9.47 Å². The van der Waals surface area contributed by atoms with Crippen LogP contribution in [0.4, 0.5) is 4.79 Å². The molecule has 0 N–H and O–H groups in total. The molecule has 1 aromatic carbocycles. The molecular formula is C29H40N2O5Si. The summed E-state index contributed by atoms with van der Waals surface area (Å²) in [4.78, 5) is 28.3. The Kier molecular flexibility index (Phi) is 8.54. The molecule has 0 saturated carbocycles. The van der Waals surface area contributed by atoms with E-state index in [0.717, 1.165) is 11.4 Å². The lowest BCUT2D eigenvalue weighted by Crippen LogP contribution is -2.32. The standard InChI is InChI=1S/C29H40N2O5Si/c1-10-35-27(32)24-18-23(20(2)30(21(24)3)19-34-15-16-37(7,8)9)26-17-22-13-11-12-14-25(22)31(26)28(33)36-29(4,5)6/h11-14,17-18H,2,10,15-16,19H2,1,3-9H3. The van der Waals surface area contributed by atoms with Gasteiger partial charge in [0.05, 0.1) is 23.4 Å². The molecule has 0 atom stereocenters. The third-order valence-corrected chi connectivity index (χ3v) is 7.70. The smallest absolute Gasteiger partial charge is 0.419 e.